The standard InChI is InChI=1S/C18H25N5O6S/c19-11(7-14(20)24)16(26)21-8-15(25)22-13(9-30)17(27)23-12(18(28)29)6-10-4-2-1-3-5-10/h1-5,11-13,30H,6-9,19H2,(H2,20,24)(H,21,26)(H,22,25)(H,23,27)(H,28,29). The van der Waals surface area contributed by atoms with Crippen LogP contribution in [0.2, 0.25) is 0 Å². The average molecular weight is 439 g/mol. The Kier molecular flexibility index (Phi) is 10.3. The fourth-order valence-electron chi connectivity index (χ4n) is 2.37. The molecule has 0 aliphatic carbocycles. The van der Waals surface area contributed by atoms with Crippen LogP contribution in [0, 0.1) is 0 Å². The van der Waals surface area contributed by atoms with Crippen LogP contribution in [0.15, 0.2) is 30.3 Å². The second kappa shape index (κ2) is 12.4. The molecule has 0 heterocycles. The molecule has 11 nitrogen and oxygen atoms in total. The zero-order chi connectivity index (χ0) is 22.7. The van der Waals surface area contributed by atoms with Gasteiger partial charge in [-0.05, 0) is 5.56 Å². The monoisotopic (exact) mass is 439 g/mol. The molecule has 30 heavy (non-hydrogen) atoms. The second-order valence-corrected chi connectivity index (χ2v) is 6.75. The molecule has 0 aliphatic heterocycles. The number of hydrogen-bond donors (Lipinski definition) is 7. The maximum atomic E-state index is 12.4. The zero-order valence-electron chi connectivity index (χ0n) is 16.0. The molecule has 1 rings (SSSR count). The quantitative estimate of drug-likeness (QED) is 0.175. The van der Waals surface area contributed by atoms with Crippen molar-refractivity contribution in [3.8, 4) is 0 Å². The molecule has 0 saturated heterocycles. The Hall–Kier alpha value is -3.12. The van der Waals surface area contributed by atoms with Crippen molar-refractivity contribution in [2.75, 3.05) is 12.3 Å². The van der Waals surface area contributed by atoms with Crippen LogP contribution in [0.4, 0.5) is 0 Å². The summed E-state index contributed by atoms with van der Waals surface area (Å²) in [4.78, 5) is 58.3. The smallest absolute Gasteiger partial charge is 0.326 e. The molecular formula is C18H25N5O6S. The minimum Gasteiger partial charge on any atom is -0.480 e. The molecule has 0 aromatic heterocycles. The molecule has 12 heteroatoms. The number of thiol groups is 1. The van der Waals surface area contributed by atoms with Crippen molar-refractivity contribution in [3.63, 3.8) is 0 Å². The van der Waals surface area contributed by atoms with Crippen LogP contribution in [0.3, 0.4) is 0 Å². The molecular weight excluding hydrogens is 414 g/mol. The van der Waals surface area contributed by atoms with Gasteiger partial charge in [0.05, 0.1) is 19.0 Å². The van der Waals surface area contributed by atoms with Gasteiger partial charge in [0, 0.05) is 12.2 Å². The van der Waals surface area contributed by atoms with E-state index in [0.29, 0.717) is 5.56 Å². The van der Waals surface area contributed by atoms with Crippen LogP contribution < -0.4 is 27.4 Å². The van der Waals surface area contributed by atoms with Crippen molar-refractivity contribution in [1.82, 2.24) is 16.0 Å². The largest absolute Gasteiger partial charge is 0.480 e. The van der Waals surface area contributed by atoms with E-state index in [4.69, 9.17) is 11.5 Å². The summed E-state index contributed by atoms with van der Waals surface area (Å²) in [6, 6.07) is 5.20. The third kappa shape index (κ3) is 8.92. The molecule has 0 bridgehead atoms. The Labute approximate surface area is 178 Å². The first-order valence-electron chi connectivity index (χ1n) is 8.93. The second-order valence-electron chi connectivity index (χ2n) is 6.39. The first-order valence-corrected chi connectivity index (χ1v) is 9.56. The number of hydrogen-bond acceptors (Lipinski definition) is 7. The summed E-state index contributed by atoms with van der Waals surface area (Å²) < 4.78 is 0. The van der Waals surface area contributed by atoms with Gasteiger partial charge in [-0.2, -0.15) is 12.6 Å². The number of carbonyl (C=O) groups is 5. The van der Waals surface area contributed by atoms with E-state index in [-0.39, 0.29) is 18.6 Å². The third-order valence-electron chi connectivity index (χ3n) is 3.91. The number of primary amides is 1. The first kappa shape index (κ1) is 24.9. The summed E-state index contributed by atoms with van der Waals surface area (Å²) in [6.45, 7) is -0.505. The van der Waals surface area contributed by atoms with Gasteiger partial charge in [0.25, 0.3) is 0 Å². The molecule has 1 aromatic rings. The van der Waals surface area contributed by atoms with E-state index < -0.39 is 54.3 Å². The van der Waals surface area contributed by atoms with E-state index in [1.54, 1.807) is 30.3 Å². The van der Waals surface area contributed by atoms with Gasteiger partial charge in [-0.1, -0.05) is 30.3 Å². The Morgan fingerprint density at radius 1 is 1.00 bits per heavy atom. The van der Waals surface area contributed by atoms with Crippen molar-refractivity contribution in [1.29, 1.82) is 0 Å². The van der Waals surface area contributed by atoms with E-state index in [1.807, 2.05) is 0 Å². The fourth-order valence-corrected chi connectivity index (χ4v) is 2.63. The van der Waals surface area contributed by atoms with Crippen LogP contribution >= 0.6 is 12.6 Å². The summed E-state index contributed by atoms with van der Waals surface area (Å²) in [6.07, 6.45) is -0.323. The summed E-state index contributed by atoms with van der Waals surface area (Å²) >= 11 is 4.00. The number of rotatable bonds is 12. The molecule has 3 atom stereocenters. The van der Waals surface area contributed by atoms with Crippen LogP contribution in [-0.4, -0.2) is 65.1 Å². The highest BCUT2D eigenvalue weighted by Gasteiger charge is 2.26. The van der Waals surface area contributed by atoms with Crippen molar-refractivity contribution < 1.29 is 29.1 Å². The van der Waals surface area contributed by atoms with Crippen LogP contribution in [0.5, 0.6) is 0 Å². The van der Waals surface area contributed by atoms with Crippen LogP contribution in [-0.2, 0) is 30.4 Å². The summed E-state index contributed by atoms with van der Waals surface area (Å²) in [7, 11) is 0. The highest BCUT2D eigenvalue weighted by Crippen LogP contribution is 2.04. The maximum Gasteiger partial charge on any atom is 0.326 e. The van der Waals surface area contributed by atoms with E-state index in [1.165, 1.54) is 0 Å². The van der Waals surface area contributed by atoms with E-state index in [2.05, 4.69) is 28.6 Å². The van der Waals surface area contributed by atoms with Crippen molar-refractivity contribution in [2.24, 2.45) is 11.5 Å². The summed E-state index contributed by atoms with van der Waals surface area (Å²) in [5.41, 5.74) is 11.1. The van der Waals surface area contributed by atoms with Crippen molar-refractivity contribution in [3.05, 3.63) is 35.9 Å². The van der Waals surface area contributed by atoms with Crippen LogP contribution in [0.1, 0.15) is 12.0 Å². The molecule has 0 radical (unpaired) electrons. The molecule has 3 unspecified atom stereocenters. The summed E-state index contributed by atoms with van der Waals surface area (Å²) in [5, 5.41) is 16.3. The lowest BCUT2D eigenvalue weighted by Gasteiger charge is -2.20. The molecule has 0 spiro atoms. The minimum atomic E-state index is -1.23. The maximum absolute atomic E-state index is 12.4. The number of benzene rings is 1. The van der Waals surface area contributed by atoms with E-state index in [9.17, 15) is 29.1 Å². The van der Waals surface area contributed by atoms with Gasteiger partial charge in [0.15, 0.2) is 0 Å². The summed E-state index contributed by atoms with van der Waals surface area (Å²) in [5.74, 6) is -4.32. The molecule has 0 aliphatic rings. The number of carboxylic acids is 1. The SMILES string of the molecule is NC(=O)CC(N)C(=O)NCC(=O)NC(CS)C(=O)NC(Cc1ccccc1)C(=O)O. The number of nitrogens with one attached hydrogen (secondary N) is 3. The number of carbonyl (C=O) groups excluding carboxylic acids is 4. The molecule has 0 saturated carbocycles. The lowest BCUT2D eigenvalue weighted by atomic mass is 10.1. The Balaban J connectivity index is 2.59. The van der Waals surface area contributed by atoms with Crippen molar-refractivity contribution in [2.45, 2.75) is 31.0 Å². The van der Waals surface area contributed by atoms with Gasteiger partial charge >= 0.3 is 5.97 Å². The normalized spacial score (nSPS) is 13.4. The Bertz CT molecular complexity index is 776. The van der Waals surface area contributed by atoms with E-state index >= 15 is 0 Å². The predicted molar refractivity (Wildman–Crippen MR) is 110 cm³/mol. The van der Waals surface area contributed by atoms with Gasteiger partial charge in [0.1, 0.15) is 12.1 Å². The third-order valence-corrected chi connectivity index (χ3v) is 4.28. The molecule has 8 N–H and O–H groups in total. The number of carboxylic acid groups (broad SMARTS) is 1. The number of aliphatic carboxylic acids is 1. The first-order chi connectivity index (χ1) is 14.1. The topological polar surface area (TPSA) is 194 Å². The van der Waals surface area contributed by atoms with Crippen molar-refractivity contribution >= 4 is 42.2 Å². The van der Waals surface area contributed by atoms with Crippen LogP contribution in [0.25, 0.3) is 0 Å². The lowest BCUT2D eigenvalue weighted by molar-refractivity contribution is -0.142. The van der Waals surface area contributed by atoms with Gasteiger partial charge in [-0.15, -0.1) is 0 Å². The minimum absolute atomic E-state index is 0.0585. The van der Waals surface area contributed by atoms with Gasteiger partial charge in [-0.3, -0.25) is 19.2 Å². The molecule has 0 fully saturated rings. The van der Waals surface area contributed by atoms with Gasteiger partial charge in [-0.25, -0.2) is 4.79 Å². The fraction of sp³-hybridized carbons (Fsp3) is 0.389. The van der Waals surface area contributed by atoms with Gasteiger partial charge in [0.2, 0.25) is 23.6 Å². The Morgan fingerprint density at radius 2 is 1.63 bits per heavy atom. The predicted octanol–water partition coefficient (Wildman–Crippen LogP) is -2.47. The molecule has 1 aromatic carbocycles. The highest BCUT2D eigenvalue weighted by molar-refractivity contribution is 7.80. The Morgan fingerprint density at radius 3 is 2.17 bits per heavy atom. The molecule has 164 valence electrons. The van der Waals surface area contributed by atoms with E-state index in [0.717, 1.165) is 0 Å². The number of nitrogens with two attached hydrogens (primary N) is 2. The van der Waals surface area contributed by atoms with Gasteiger partial charge < -0.3 is 32.5 Å². The highest BCUT2D eigenvalue weighted by atomic mass is 32.1. The average Bonchev–Trinajstić information content (AvgIpc) is 2.69. The lowest BCUT2D eigenvalue weighted by Crippen LogP contribution is -2.55. The zero-order valence-corrected chi connectivity index (χ0v) is 16.9. The molecule has 4 amide bonds. The number of amides is 4.